The van der Waals surface area contributed by atoms with E-state index in [1.165, 1.54) is 0 Å². The minimum Gasteiger partial charge on any atom is -0.483 e. The molecule has 0 saturated heterocycles. The summed E-state index contributed by atoms with van der Waals surface area (Å²) in [7, 11) is 0. The van der Waals surface area contributed by atoms with E-state index in [1.54, 1.807) is 19.1 Å². The summed E-state index contributed by atoms with van der Waals surface area (Å²) in [4.78, 5) is 12.1. The second kappa shape index (κ2) is 6.00. The average Bonchev–Trinajstić information content (AvgIpc) is 2.41. The Balaban J connectivity index is 2.06. The molecule has 3 heteroatoms. The fraction of sp³-hybridized carbons (Fsp3) is 0.133. The van der Waals surface area contributed by atoms with Gasteiger partial charge in [0.2, 0.25) is 5.78 Å². The smallest absolute Gasteiger partial charge is 0.202 e. The van der Waals surface area contributed by atoms with E-state index in [-0.39, 0.29) is 5.78 Å². The molecular weight excluding hydrogens is 339 g/mol. The van der Waals surface area contributed by atoms with Gasteiger partial charge in [0.15, 0.2) is 6.10 Å². The van der Waals surface area contributed by atoms with E-state index in [9.17, 15) is 4.79 Å². The van der Waals surface area contributed by atoms with E-state index in [0.29, 0.717) is 11.3 Å². The van der Waals surface area contributed by atoms with Gasteiger partial charge in [-0.15, -0.1) is 0 Å². The second-order valence-electron chi connectivity index (χ2n) is 3.94. The van der Waals surface area contributed by atoms with Gasteiger partial charge in [0, 0.05) is 9.13 Å². The molecule has 0 aliphatic rings. The number of hydrogen-bond donors (Lipinski definition) is 0. The van der Waals surface area contributed by atoms with Gasteiger partial charge in [0.1, 0.15) is 5.75 Å². The molecule has 0 heterocycles. The van der Waals surface area contributed by atoms with Crippen molar-refractivity contribution in [1.29, 1.82) is 0 Å². The lowest BCUT2D eigenvalue weighted by molar-refractivity contribution is 0.0818. The molecule has 2 aromatic rings. The molecule has 0 aliphatic carbocycles. The summed E-state index contributed by atoms with van der Waals surface area (Å²) >= 11 is 2.23. The SMILES string of the molecule is C[C@H](Oc1ccc(I)cc1)C(=O)c1ccccc1. The van der Waals surface area contributed by atoms with Crippen molar-refractivity contribution in [3.8, 4) is 5.75 Å². The number of ether oxygens (including phenoxy) is 1. The first-order chi connectivity index (χ1) is 8.66. The molecule has 2 nitrogen and oxygen atoms in total. The maximum atomic E-state index is 12.1. The Morgan fingerprint density at radius 3 is 2.28 bits per heavy atom. The summed E-state index contributed by atoms with van der Waals surface area (Å²) in [6, 6.07) is 16.8. The lowest BCUT2D eigenvalue weighted by atomic mass is 10.1. The summed E-state index contributed by atoms with van der Waals surface area (Å²) in [6.45, 7) is 1.77. The monoisotopic (exact) mass is 352 g/mol. The van der Waals surface area contributed by atoms with Crippen molar-refractivity contribution in [1.82, 2.24) is 0 Å². The van der Waals surface area contributed by atoms with Gasteiger partial charge in [-0.05, 0) is 53.8 Å². The Hall–Kier alpha value is -1.36. The Labute approximate surface area is 120 Å². The summed E-state index contributed by atoms with van der Waals surface area (Å²) in [5, 5.41) is 0. The normalized spacial score (nSPS) is 11.9. The second-order valence-corrected chi connectivity index (χ2v) is 5.19. The molecule has 2 aromatic carbocycles. The van der Waals surface area contributed by atoms with Crippen LogP contribution in [0, 0.1) is 3.57 Å². The van der Waals surface area contributed by atoms with Gasteiger partial charge in [-0.25, -0.2) is 0 Å². The van der Waals surface area contributed by atoms with Crippen molar-refractivity contribution >= 4 is 28.4 Å². The minimum absolute atomic E-state index is 0.00542. The number of hydrogen-bond acceptors (Lipinski definition) is 2. The number of rotatable bonds is 4. The van der Waals surface area contributed by atoms with Crippen LogP contribution in [-0.4, -0.2) is 11.9 Å². The van der Waals surface area contributed by atoms with Gasteiger partial charge < -0.3 is 4.74 Å². The highest BCUT2D eigenvalue weighted by atomic mass is 127. The molecule has 0 bridgehead atoms. The van der Waals surface area contributed by atoms with E-state index < -0.39 is 6.10 Å². The number of benzene rings is 2. The van der Waals surface area contributed by atoms with Crippen LogP contribution in [0.15, 0.2) is 54.6 Å². The van der Waals surface area contributed by atoms with Crippen LogP contribution < -0.4 is 4.74 Å². The van der Waals surface area contributed by atoms with Crippen molar-refractivity contribution in [3.05, 3.63) is 63.7 Å². The predicted octanol–water partition coefficient (Wildman–Crippen LogP) is 3.94. The number of carbonyl (C=O) groups excluding carboxylic acids is 1. The fourth-order valence-corrected chi connectivity index (χ4v) is 1.97. The molecular formula is C15H13IO2. The Bertz CT molecular complexity index is 520. The topological polar surface area (TPSA) is 26.3 Å². The van der Waals surface area contributed by atoms with Crippen LogP contribution in [0.4, 0.5) is 0 Å². The molecule has 1 atom stereocenters. The maximum absolute atomic E-state index is 12.1. The highest BCUT2D eigenvalue weighted by Gasteiger charge is 2.16. The molecule has 0 radical (unpaired) electrons. The van der Waals surface area contributed by atoms with Crippen molar-refractivity contribution in [2.24, 2.45) is 0 Å². The number of Topliss-reactive ketones (excluding diaryl/α,β-unsaturated/α-hetero) is 1. The van der Waals surface area contributed by atoms with E-state index in [1.807, 2.05) is 42.5 Å². The van der Waals surface area contributed by atoms with Crippen LogP contribution in [0.1, 0.15) is 17.3 Å². The van der Waals surface area contributed by atoms with Crippen LogP contribution in [0.5, 0.6) is 5.75 Å². The summed E-state index contributed by atoms with van der Waals surface area (Å²) in [5.74, 6) is 0.710. The molecule has 0 saturated carbocycles. The van der Waals surface area contributed by atoms with E-state index in [4.69, 9.17) is 4.74 Å². The molecule has 0 amide bonds. The highest BCUT2D eigenvalue weighted by Crippen LogP contribution is 2.16. The Morgan fingerprint density at radius 2 is 1.67 bits per heavy atom. The first kappa shape index (κ1) is 13.1. The number of carbonyl (C=O) groups is 1. The maximum Gasteiger partial charge on any atom is 0.202 e. The third-order valence-electron chi connectivity index (χ3n) is 2.55. The van der Waals surface area contributed by atoms with Gasteiger partial charge in [-0.3, -0.25) is 4.79 Å². The van der Waals surface area contributed by atoms with Crippen LogP contribution in [0.25, 0.3) is 0 Å². The van der Waals surface area contributed by atoms with E-state index in [2.05, 4.69) is 22.6 Å². The summed E-state index contributed by atoms with van der Waals surface area (Å²) < 4.78 is 6.77. The third-order valence-corrected chi connectivity index (χ3v) is 3.27. The summed E-state index contributed by atoms with van der Waals surface area (Å²) in [6.07, 6.45) is -0.479. The van der Waals surface area contributed by atoms with Gasteiger partial charge in [-0.2, -0.15) is 0 Å². The van der Waals surface area contributed by atoms with Gasteiger partial charge in [0.05, 0.1) is 0 Å². The molecule has 0 aromatic heterocycles. The molecule has 0 aliphatic heterocycles. The zero-order valence-corrected chi connectivity index (χ0v) is 12.1. The van der Waals surface area contributed by atoms with Crippen LogP contribution in [0.3, 0.4) is 0 Å². The Kier molecular flexibility index (Phi) is 4.36. The van der Waals surface area contributed by atoms with Crippen molar-refractivity contribution in [2.45, 2.75) is 13.0 Å². The standard InChI is InChI=1S/C15H13IO2/c1-11(15(17)12-5-3-2-4-6-12)18-14-9-7-13(16)8-10-14/h2-11H,1H3/t11-/m0/s1. The molecule has 0 N–H and O–H groups in total. The molecule has 18 heavy (non-hydrogen) atoms. The lowest BCUT2D eigenvalue weighted by Crippen LogP contribution is -2.23. The average molecular weight is 352 g/mol. The van der Waals surface area contributed by atoms with E-state index in [0.717, 1.165) is 3.57 Å². The van der Waals surface area contributed by atoms with Gasteiger partial charge in [-0.1, -0.05) is 30.3 Å². The molecule has 0 spiro atoms. The van der Waals surface area contributed by atoms with Gasteiger partial charge >= 0.3 is 0 Å². The molecule has 0 unspecified atom stereocenters. The number of ketones is 1. The third kappa shape index (κ3) is 3.32. The van der Waals surface area contributed by atoms with Gasteiger partial charge in [0.25, 0.3) is 0 Å². The van der Waals surface area contributed by atoms with E-state index >= 15 is 0 Å². The van der Waals surface area contributed by atoms with Crippen molar-refractivity contribution in [2.75, 3.05) is 0 Å². The van der Waals surface area contributed by atoms with Crippen LogP contribution in [0.2, 0.25) is 0 Å². The predicted molar refractivity (Wildman–Crippen MR) is 80.0 cm³/mol. The zero-order chi connectivity index (χ0) is 13.0. The highest BCUT2D eigenvalue weighted by molar-refractivity contribution is 14.1. The molecule has 0 fully saturated rings. The van der Waals surface area contributed by atoms with Crippen LogP contribution >= 0.6 is 22.6 Å². The van der Waals surface area contributed by atoms with Crippen molar-refractivity contribution < 1.29 is 9.53 Å². The van der Waals surface area contributed by atoms with Crippen molar-refractivity contribution in [3.63, 3.8) is 0 Å². The molecule has 92 valence electrons. The lowest BCUT2D eigenvalue weighted by Gasteiger charge is -2.13. The largest absolute Gasteiger partial charge is 0.483 e. The van der Waals surface area contributed by atoms with Crippen LogP contribution in [-0.2, 0) is 0 Å². The fourth-order valence-electron chi connectivity index (χ4n) is 1.61. The first-order valence-electron chi connectivity index (χ1n) is 5.68. The quantitative estimate of drug-likeness (QED) is 0.616. The zero-order valence-electron chi connectivity index (χ0n) is 9.97. The Morgan fingerprint density at radius 1 is 1.06 bits per heavy atom. The first-order valence-corrected chi connectivity index (χ1v) is 6.76. The minimum atomic E-state index is -0.479. The number of halogens is 1. The summed E-state index contributed by atoms with van der Waals surface area (Å²) in [5.41, 5.74) is 0.676. The molecule has 2 rings (SSSR count).